The van der Waals surface area contributed by atoms with E-state index in [-0.39, 0.29) is 18.7 Å². The number of benzene rings is 1. The lowest BCUT2D eigenvalue weighted by atomic mass is 9.82. The molecule has 1 aliphatic rings. The van der Waals surface area contributed by atoms with Crippen molar-refractivity contribution >= 4 is 23.5 Å². The summed E-state index contributed by atoms with van der Waals surface area (Å²) >= 11 is 0. The molecule has 2 atom stereocenters. The van der Waals surface area contributed by atoms with Gasteiger partial charge in [-0.3, -0.25) is 4.79 Å². The number of carbonyl (C=O) groups excluding carboxylic acids is 3. The number of hydrogen-bond donors (Lipinski definition) is 1. The van der Waals surface area contributed by atoms with Gasteiger partial charge in [-0.25, -0.2) is 0 Å². The maximum absolute atomic E-state index is 12.2. The van der Waals surface area contributed by atoms with E-state index in [4.69, 9.17) is 0 Å². The summed E-state index contributed by atoms with van der Waals surface area (Å²) in [7, 11) is 0. The van der Waals surface area contributed by atoms with Gasteiger partial charge in [0.1, 0.15) is 0 Å². The summed E-state index contributed by atoms with van der Waals surface area (Å²) in [5, 5.41) is 24.2. The molecule has 1 N–H and O–H groups in total. The van der Waals surface area contributed by atoms with Crippen LogP contribution in [0.3, 0.4) is 0 Å². The maximum atomic E-state index is 12.2. The molecule has 0 heterocycles. The Morgan fingerprint density at radius 1 is 1.00 bits per heavy atom. The predicted octanol–water partition coefficient (Wildman–Crippen LogP) is -0.750. The summed E-state index contributed by atoms with van der Waals surface area (Å²) in [6.45, 7) is 0. The normalized spacial score (nSPS) is 20.4. The topological polar surface area (TPSA) is 109 Å². The van der Waals surface area contributed by atoms with Crippen molar-refractivity contribution in [3.05, 3.63) is 42.0 Å². The fraction of sp³-hybridized carbons (Fsp3) is 0.312. The van der Waals surface area contributed by atoms with Crippen LogP contribution in [0.1, 0.15) is 18.4 Å². The van der Waals surface area contributed by atoms with Crippen molar-refractivity contribution in [2.45, 2.75) is 19.3 Å². The van der Waals surface area contributed by atoms with Crippen LogP contribution in [0, 0.1) is 11.8 Å². The second-order valence-electron chi connectivity index (χ2n) is 5.21. The number of anilines is 1. The highest BCUT2D eigenvalue weighted by Gasteiger charge is 2.29. The minimum Gasteiger partial charge on any atom is -0.550 e. The summed E-state index contributed by atoms with van der Waals surface area (Å²) in [6.07, 6.45) is 3.96. The van der Waals surface area contributed by atoms with Gasteiger partial charge in [0.2, 0.25) is 5.91 Å². The third kappa shape index (κ3) is 3.94. The molecular formula is C16H15NO5-2. The van der Waals surface area contributed by atoms with Crippen molar-refractivity contribution in [2.75, 3.05) is 5.32 Å². The SMILES string of the molecule is O=C([O-])Cc1ccc(NC(=O)[C@H]2CC=CC[C@@H]2C(=O)[O-])cc1. The zero-order chi connectivity index (χ0) is 16.1. The Balaban J connectivity index is 2.03. The summed E-state index contributed by atoms with van der Waals surface area (Å²) in [5.41, 5.74) is 1.05. The van der Waals surface area contributed by atoms with E-state index in [1.54, 1.807) is 36.4 Å². The molecule has 0 radical (unpaired) electrons. The van der Waals surface area contributed by atoms with E-state index < -0.39 is 23.8 Å². The number of carboxylic acids is 2. The quantitative estimate of drug-likeness (QED) is 0.720. The van der Waals surface area contributed by atoms with Gasteiger partial charge in [0.15, 0.2) is 0 Å². The third-order valence-electron chi connectivity index (χ3n) is 3.64. The third-order valence-corrected chi connectivity index (χ3v) is 3.64. The number of allylic oxidation sites excluding steroid dienone is 2. The lowest BCUT2D eigenvalue weighted by molar-refractivity contribution is -0.313. The smallest absolute Gasteiger partial charge is 0.228 e. The van der Waals surface area contributed by atoms with Crippen molar-refractivity contribution in [2.24, 2.45) is 11.8 Å². The Hall–Kier alpha value is -2.63. The van der Waals surface area contributed by atoms with Gasteiger partial charge in [-0.2, -0.15) is 0 Å². The average molecular weight is 301 g/mol. The molecule has 116 valence electrons. The Labute approximate surface area is 127 Å². The van der Waals surface area contributed by atoms with Gasteiger partial charge < -0.3 is 25.1 Å². The Morgan fingerprint density at radius 3 is 2.14 bits per heavy atom. The first-order valence-electron chi connectivity index (χ1n) is 6.93. The van der Waals surface area contributed by atoms with Crippen molar-refractivity contribution in [1.82, 2.24) is 0 Å². The van der Waals surface area contributed by atoms with E-state index in [0.29, 0.717) is 17.7 Å². The molecule has 0 aromatic heterocycles. The van der Waals surface area contributed by atoms with Crippen molar-refractivity contribution < 1.29 is 24.6 Å². The van der Waals surface area contributed by atoms with Crippen LogP contribution >= 0.6 is 0 Å². The molecule has 0 unspecified atom stereocenters. The van der Waals surface area contributed by atoms with E-state index in [0.717, 1.165) is 0 Å². The molecule has 0 saturated heterocycles. The Kier molecular flexibility index (Phi) is 4.93. The van der Waals surface area contributed by atoms with Crippen LogP contribution in [0.5, 0.6) is 0 Å². The minimum absolute atomic E-state index is 0.200. The van der Waals surface area contributed by atoms with Crippen LogP contribution in [0.15, 0.2) is 36.4 Å². The first kappa shape index (κ1) is 15.8. The molecule has 0 saturated carbocycles. The zero-order valence-corrected chi connectivity index (χ0v) is 11.8. The van der Waals surface area contributed by atoms with Crippen LogP contribution in [-0.4, -0.2) is 17.8 Å². The van der Waals surface area contributed by atoms with Crippen LogP contribution in [0.2, 0.25) is 0 Å². The van der Waals surface area contributed by atoms with Crippen LogP contribution in [0.4, 0.5) is 5.69 Å². The number of carboxylic acid groups (broad SMARTS) is 2. The number of aliphatic carboxylic acids is 2. The van der Waals surface area contributed by atoms with Gasteiger partial charge in [-0.1, -0.05) is 24.3 Å². The molecular weight excluding hydrogens is 286 g/mol. The Bertz CT molecular complexity index is 605. The minimum atomic E-state index is -1.23. The van der Waals surface area contributed by atoms with E-state index in [9.17, 15) is 24.6 Å². The first-order valence-corrected chi connectivity index (χ1v) is 6.93. The van der Waals surface area contributed by atoms with E-state index >= 15 is 0 Å². The number of hydrogen-bond acceptors (Lipinski definition) is 5. The number of rotatable bonds is 5. The average Bonchev–Trinajstić information content (AvgIpc) is 2.48. The predicted molar refractivity (Wildman–Crippen MR) is 74.1 cm³/mol. The number of amides is 1. The number of carbonyl (C=O) groups is 3. The second kappa shape index (κ2) is 6.89. The largest absolute Gasteiger partial charge is 0.550 e. The van der Waals surface area contributed by atoms with Gasteiger partial charge in [-0.05, 0) is 30.5 Å². The molecule has 2 rings (SSSR count). The van der Waals surface area contributed by atoms with Crippen LogP contribution in [-0.2, 0) is 20.8 Å². The molecule has 0 spiro atoms. The van der Waals surface area contributed by atoms with Gasteiger partial charge >= 0.3 is 0 Å². The zero-order valence-electron chi connectivity index (χ0n) is 11.8. The Morgan fingerprint density at radius 2 is 1.59 bits per heavy atom. The van der Waals surface area contributed by atoms with Crippen LogP contribution < -0.4 is 15.5 Å². The van der Waals surface area contributed by atoms with E-state index in [1.165, 1.54) is 0 Å². The van der Waals surface area contributed by atoms with Crippen molar-refractivity contribution in [3.8, 4) is 0 Å². The summed E-state index contributed by atoms with van der Waals surface area (Å²) in [6, 6.07) is 6.29. The molecule has 22 heavy (non-hydrogen) atoms. The maximum Gasteiger partial charge on any atom is 0.228 e. The summed E-state index contributed by atoms with van der Waals surface area (Å²) < 4.78 is 0. The standard InChI is InChI=1S/C16H17NO5/c18-14(19)9-10-5-7-11(8-6-10)17-15(20)12-3-1-2-4-13(12)16(21)22/h1-2,5-8,12-13H,3-4,9H2,(H,17,20)(H,18,19)(H,21,22)/p-2/t12-,13-/m0/s1. The van der Waals surface area contributed by atoms with Gasteiger partial charge in [0.05, 0.1) is 5.92 Å². The fourth-order valence-electron chi connectivity index (χ4n) is 2.47. The van der Waals surface area contributed by atoms with E-state index in [1.807, 2.05) is 0 Å². The molecule has 1 aliphatic carbocycles. The van der Waals surface area contributed by atoms with Gasteiger partial charge in [0.25, 0.3) is 0 Å². The summed E-state index contributed by atoms with van der Waals surface area (Å²) in [4.78, 5) is 33.8. The molecule has 1 aromatic carbocycles. The molecule has 0 aliphatic heterocycles. The molecule has 6 heteroatoms. The monoisotopic (exact) mass is 301 g/mol. The molecule has 1 amide bonds. The summed E-state index contributed by atoms with van der Waals surface area (Å²) in [5.74, 6) is -4.29. The van der Waals surface area contributed by atoms with Gasteiger partial charge in [-0.15, -0.1) is 0 Å². The van der Waals surface area contributed by atoms with Crippen molar-refractivity contribution in [3.63, 3.8) is 0 Å². The van der Waals surface area contributed by atoms with Gasteiger partial charge in [0, 0.05) is 30.0 Å². The highest BCUT2D eigenvalue weighted by Crippen LogP contribution is 2.26. The highest BCUT2D eigenvalue weighted by atomic mass is 16.4. The lowest BCUT2D eigenvalue weighted by Crippen LogP contribution is -2.41. The molecule has 6 nitrogen and oxygen atoms in total. The van der Waals surface area contributed by atoms with Crippen LogP contribution in [0.25, 0.3) is 0 Å². The fourth-order valence-corrected chi connectivity index (χ4v) is 2.47. The van der Waals surface area contributed by atoms with Crippen molar-refractivity contribution in [1.29, 1.82) is 0 Å². The van der Waals surface area contributed by atoms with E-state index in [2.05, 4.69) is 5.32 Å². The highest BCUT2D eigenvalue weighted by molar-refractivity contribution is 5.95. The number of nitrogens with one attached hydrogen (secondary N) is 1. The first-order chi connectivity index (χ1) is 10.5. The molecule has 0 fully saturated rings. The lowest BCUT2D eigenvalue weighted by Gasteiger charge is -2.28. The molecule has 1 aromatic rings. The second-order valence-corrected chi connectivity index (χ2v) is 5.21. The molecule has 0 bridgehead atoms.